The quantitative estimate of drug-likeness (QED) is 0.421. The first kappa shape index (κ1) is 18.7. The van der Waals surface area contributed by atoms with Crippen molar-refractivity contribution in [3.05, 3.63) is 70.8 Å². The van der Waals surface area contributed by atoms with Crippen LogP contribution in [0.1, 0.15) is 45.5 Å². The van der Waals surface area contributed by atoms with Crippen LogP contribution in [0, 0.1) is 17.0 Å². The zero-order valence-corrected chi connectivity index (χ0v) is 14.9. The van der Waals surface area contributed by atoms with Crippen molar-refractivity contribution in [1.82, 2.24) is 0 Å². The number of carbonyl (C=O) groups excluding carboxylic acids is 2. The molecule has 0 saturated heterocycles. The summed E-state index contributed by atoms with van der Waals surface area (Å²) in [6.45, 7) is 0. The number of carbonyl (C=O) groups is 2. The third-order valence-corrected chi connectivity index (χ3v) is 6.08. The first-order chi connectivity index (χ1) is 13.1. The Kier molecular flexibility index (Phi) is 3.93. The van der Waals surface area contributed by atoms with Crippen molar-refractivity contribution in [1.29, 1.82) is 0 Å². The molecule has 0 aromatic heterocycles. The van der Waals surface area contributed by atoms with E-state index in [4.69, 9.17) is 0 Å². The van der Waals surface area contributed by atoms with E-state index in [0.717, 1.165) is 17.7 Å². The molecule has 3 fully saturated rings. The first-order valence-corrected chi connectivity index (χ1v) is 8.71. The summed E-state index contributed by atoms with van der Waals surface area (Å²) in [6.07, 6.45) is 0.289. The van der Waals surface area contributed by atoms with Gasteiger partial charge >= 0.3 is 11.9 Å². The Balaban J connectivity index is 1.52. The van der Waals surface area contributed by atoms with E-state index >= 15 is 0 Å². The van der Waals surface area contributed by atoms with Crippen LogP contribution in [-0.4, -0.2) is 24.8 Å². The van der Waals surface area contributed by atoms with Gasteiger partial charge in [0.05, 0.1) is 18.2 Å². The second-order valence-corrected chi connectivity index (χ2v) is 7.69. The maximum Gasteiger partial charge on any atom is 0.337 e. The van der Waals surface area contributed by atoms with Gasteiger partial charge in [0.15, 0.2) is 0 Å². The summed E-state index contributed by atoms with van der Waals surface area (Å²) in [5.41, 5.74) is -1.59. The predicted molar refractivity (Wildman–Crippen MR) is 91.4 cm³/mol. The van der Waals surface area contributed by atoms with Crippen molar-refractivity contribution in [2.24, 2.45) is 5.41 Å². The molecule has 2 bridgehead atoms. The van der Waals surface area contributed by atoms with Crippen LogP contribution in [0.25, 0.3) is 0 Å². The molecule has 0 atom stereocenters. The Morgan fingerprint density at radius 3 is 2.14 bits per heavy atom. The Morgan fingerprint density at radius 1 is 1.00 bits per heavy atom. The number of ketones is 1. The standard InChI is InChI=1S/C21H16F4O3/c1-28-18(27)12-2-4-13(5-3-12)19-9-20(10-19,11-19)21(24,25)17(26)15-7-6-14(22)8-16(15)23/h2-8H,9-11H2,1H3. The number of ether oxygens (including phenoxy) is 1. The SMILES string of the molecule is COC(=O)c1ccc(C23CC(C(F)(F)C(=O)c4ccc(F)cc4F)(C2)C3)cc1. The number of hydrogen-bond donors (Lipinski definition) is 0. The van der Waals surface area contributed by atoms with Gasteiger partial charge in [0.2, 0.25) is 5.78 Å². The van der Waals surface area contributed by atoms with Crippen molar-refractivity contribution in [3.8, 4) is 0 Å². The Morgan fingerprint density at radius 2 is 1.61 bits per heavy atom. The van der Waals surface area contributed by atoms with E-state index in [1.165, 1.54) is 7.11 Å². The lowest BCUT2D eigenvalue weighted by Crippen LogP contribution is -2.73. The molecule has 0 aliphatic heterocycles. The molecule has 0 N–H and O–H groups in total. The van der Waals surface area contributed by atoms with Gasteiger partial charge in [-0.15, -0.1) is 0 Å². The highest BCUT2D eigenvalue weighted by atomic mass is 19.3. The van der Waals surface area contributed by atoms with Gasteiger partial charge in [0, 0.05) is 11.5 Å². The molecular weight excluding hydrogens is 376 g/mol. The van der Waals surface area contributed by atoms with E-state index in [-0.39, 0.29) is 19.3 Å². The lowest BCUT2D eigenvalue weighted by Gasteiger charge is -2.72. The molecule has 0 unspecified atom stereocenters. The molecule has 0 radical (unpaired) electrons. The number of hydrogen-bond acceptors (Lipinski definition) is 3. The highest BCUT2D eigenvalue weighted by Gasteiger charge is 2.79. The lowest BCUT2D eigenvalue weighted by atomic mass is 9.31. The summed E-state index contributed by atoms with van der Waals surface area (Å²) >= 11 is 0. The van der Waals surface area contributed by atoms with Gasteiger partial charge in [0.1, 0.15) is 11.6 Å². The van der Waals surface area contributed by atoms with Crippen LogP contribution in [0.5, 0.6) is 0 Å². The van der Waals surface area contributed by atoms with Crippen LogP contribution in [0.2, 0.25) is 0 Å². The Bertz CT molecular complexity index is 962. The van der Waals surface area contributed by atoms with Gasteiger partial charge in [-0.1, -0.05) is 12.1 Å². The number of esters is 1. The van der Waals surface area contributed by atoms with Gasteiger partial charge in [-0.05, 0) is 54.5 Å². The summed E-state index contributed by atoms with van der Waals surface area (Å²) in [5.74, 6) is -8.06. The van der Waals surface area contributed by atoms with E-state index in [9.17, 15) is 27.2 Å². The fourth-order valence-electron chi connectivity index (χ4n) is 4.59. The molecule has 7 heteroatoms. The maximum atomic E-state index is 14.9. The van der Waals surface area contributed by atoms with Crippen molar-refractivity contribution in [2.75, 3.05) is 7.11 Å². The number of alkyl halides is 2. The fraction of sp³-hybridized carbons (Fsp3) is 0.333. The molecule has 3 aliphatic rings. The number of halogens is 4. The van der Waals surface area contributed by atoms with Crippen molar-refractivity contribution in [2.45, 2.75) is 30.6 Å². The van der Waals surface area contributed by atoms with E-state index in [1.54, 1.807) is 24.3 Å². The van der Waals surface area contributed by atoms with E-state index < -0.39 is 45.7 Å². The van der Waals surface area contributed by atoms with Crippen LogP contribution in [0.3, 0.4) is 0 Å². The number of benzene rings is 2. The molecule has 0 heterocycles. The third-order valence-electron chi connectivity index (χ3n) is 6.08. The predicted octanol–water partition coefficient (Wildman–Crippen LogP) is 4.69. The molecule has 0 amide bonds. The van der Waals surface area contributed by atoms with Crippen molar-refractivity contribution in [3.63, 3.8) is 0 Å². The van der Waals surface area contributed by atoms with Crippen LogP contribution in [0.4, 0.5) is 17.6 Å². The molecule has 146 valence electrons. The minimum atomic E-state index is -3.74. The zero-order valence-electron chi connectivity index (χ0n) is 14.9. The Labute approximate surface area is 158 Å². The lowest BCUT2D eigenvalue weighted by molar-refractivity contribution is -0.256. The van der Waals surface area contributed by atoms with Gasteiger partial charge in [-0.25, -0.2) is 13.6 Å². The van der Waals surface area contributed by atoms with E-state index in [2.05, 4.69) is 4.74 Å². The molecule has 3 aliphatic carbocycles. The van der Waals surface area contributed by atoms with Gasteiger partial charge in [-0.2, -0.15) is 8.78 Å². The molecule has 3 nitrogen and oxygen atoms in total. The summed E-state index contributed by atoms with van der Waals surface area (Å²) < 4.78 is 61.2. The van der Waals surface area contributed by atoms with Crippen molar-refractivity contribution >= 4 is 11.8 Å². The number of rotatable bonds is 5. The average Bonchev–Trinajstić information content (AvgIpc) is 2.58. The van der Waals surface area contributed by atoms with Gasteiger partial charge in [-0.3, -0.25) is 4.79 Å². The molecule has 28 heavy (non-hydrogen) atoms. The third kappa shape index (κ3) is 2.41. The fourth-order valence-corrected chi connectivity index (χ4v) is 4.59. The minimum Gasteiger partial charge on any atom is -0.465 e. The zero-order chi connectivity index (χ0) is 20.3. The molecule has 3 saturated carbocycles. The summed E-state index contributed by atoms with van der Waals surface area (Å²) in [4.78, 5) is 23.8. The highest BCUT2D eigenvalue weighted by Crippen LogP contribution is 2.78. The second kappa shape index (κ2) is 5.90. The Hall–Kier alpha value is -2.70. The smallest absolute Gasteiger partial charge is 0.337 e. The minimum absolute atomic E-state index is 0.0964. The number of Topliss-reactive ketones (excluding diaryl/α,β-unsaturated/α-hetero) is 1. The van der Waals surface area contributed by atoms with Crippen LogP contribution in [-0.2, 0) is 10.2 Å². The number of methoxy groups -OCH3 is 1. The first-order valence-electron chi connectivity index (χ1n) is 8.71. The second-order valence-electron chi connectivity index (χ2n) is 7.69. The van der Waals surface area contributed by atoms with Gasteiger partial charge < -0.3 is 4.74 Å². The van der Waals surface area contributed by atoms with E-state index in [1.807, 2.05) is 0 Å². The summed E-state index contributed by atoms with van der Waals surface area (Å²) in [5, 5.41) is 0. The topological polar surface area (TPSA) is 43.4 Å². The molecular formula is C21H16F4O3. The van der Waals surface area contributed by atoms with Crippen LogP contribution < -0.4 is 0 Å². The summed E-state index contributed by atoms with van der Waals surface area (Å²) in [6, 6.07) is 8.53. The molecule has 2 aromatic carbocycles. The highest BCUT2D eigenvalue weighted by molar-refractivity contribution is 6.02. The van der Waals surface area contributed by atoms with Gasteiger partial charge in [0.25, 0.3) is 0 Å². The summed E-state index contributed by atoms with van der Waals surface area (Å²) in [7, 11) is 1.27. The monoisotopic (exact) mass is 392 g/mol. The molecule has 2 aromatic rings. The van der Waals surface area contributed by atoms with E-state index in [0.29, 0.717) is 11.6 Å². The average molecular weight is 392 g/mol. The normalized spacial score (nSPS) is 25.5. The van der Waals surface area contributed by atoms with Crippen LogP contribution >= 0.6 is 0 Å². The molecule has 5 rings (SSSR count). The van der Waals surface area contributed by atoms with Crippen LogP contribution in [0.15, 0.2) is 42.5 Å². The maximum absolute atomic E-state index is 14.9. The molecule has 0 spiro atoms. The van der Waals surface area contributed by atoms with Crippen molar-refractivity contribution < 1.29 is 31.9 Å². The largest absolute Gasteiger partial charge is 0.465 e.